The summed E-state index contributed by atoms with van der Waals surface area (Å²) in [4.78, 5) is 28.3. The van der Waals surface area contributed by atoms with E-state index < -0.39 is 0 Å². The minimum absolute atomic E-state index is 0.0404. The van der Waals surface area contributed by atoms with Crippen LogP contribution in [-0.4, -0.2) is 41.9 Å². The SMILES string of the molecule is Cc1ccc(C(=O)N(C)C)cc1NC(=O)N(Cc1ccc(Cl)c(Cl)c1)C(C)C. The van der Waals surface area contributed by atoms with E-state index in [4.69, 9.17) is 23.2 Å². The lowest BCUT2D eigenvalue weighted by Crippen LogP contribution is -2.39. The van der Waals surface area contributed by atoms with E-state index in [2.05, 4.69) is 5.32 Å². The van der Waals surface area contributed by atoms with Crippen molar-refractivity contribution < 1.29 is 9.59 Å². The molecule has 28 heavy (non-hydrogen) atoms. The first kappa shape index (κ1) is 22.1. The third kappa shape index (κ3) is 5.40. The van der Waals surface area contributed by atoms with E-state index in [1.54, 1.807) is 43.3 Å². The molecule has 2 rings (SSSR count). The maximum Gasteiger partial charge on any atom is 0.322 e. The molecule has 0 bridgehead atoms. The maximum absolute atomic E-state index is 12.9. The molecule has 2 aromatic rings. The summed E-state index contributed by atoms with van der Waals surface area (Å²) < 4.78 is 0. The van der Waals surface area contributed by atoms with Gasteiger partial charge >= 0.3 is 6.03 Å². The van der Waals surface area contributed by atoms with Gasteiger partial charge in [-0.25, -0.2) is 4.79 Å². The van der Waals surface area contributed by atoms with Crippen LogP contribution in [0.25, 0.3) is 0 Å². The molecule has 2 aromatic carbocycles. The molecule has 0 fully saturated rings. The molecule has 0 saturated heterocycles. The van der Waals surface area contributed by atoms with Gasteiger partial charge in [-0.05, 0) is 56.2 Å². The summed E-state index contributed by atoms with van der Waals surface area (Å²) >= 11 is 12.1. The normalized spacial score (nSPS) is 10.7. The predicted octanol–water partition coefficient (Wildman–Crippen LogP) is 5.45. The average Bonchev–Trinajstić information content (AvgIpc) is 2.63. The Hall–Kier alpha value is -2.24. The number of hydrogen-bond donors (Lipinski definition) is 1. The fraction of sp³-hybridized carbons (Fsp3) is 0.333. The van der Waals surface area contributed by atoms with Crippen LogP contribution in [0, 0.1) is 6.92 Å². The first-order chi connectivity index (χ1) is 13.1. The summed E-state index contributed by atoms with van der Waals surface area (Å²) in [7, 11) is 3.39. The molecule has 0 unspecified atom stereocenters. The van der Waals surface area contributed by atoms with Gasteiger partial charge < -0.3 is 15.1 Å². The Balaban J connectivity index is 2.23. The molecule has 1 N–H and O–H groups in total. The molecule has 0 aliphatic rings. The highest BCUT2D eigenvalue weighted by Crippen LogP contribution is 2.24. The van der Waals surface area contributed by atoms with Crippen LogP contribution in [0.3, 0.4) is 0 Å². The van der Waals surface area contributed by atoms with Gasteiger partial charge in [0.25, 0.3) is 5.91 Å². The van der Waals surface area contributed by atoms with Crippen molar-refractivity contribution in [1.29, 1.82) is 0 Å². The minimum atomic E-state index is -0.251. The maximum atomic E-state index is 12.9. The number of carbonyl (C=O) groups is 2. The predicted molar refractivity (Wildman–Crippen MR) is 115 cm³/mol. The first-order valence-electron chi connectivity index (χ1n) is 8.94. The third-order valence-corrected chi connectivity index (χ3v) is 5.09. The zero-order valence-electron chi connectivity index (χ0n) is 16.7. The lowest BCUT2D eigenvalue weighted by atomic mass is 10.1. The van der Waals surface area contributed by atoms with Crippen molar-refractivity contribution in [3.05, 3.63) is 63.1 Å². The van der Waals surface area contributed by atoms with E-state index in [9.17, 15) is 9.59 Å². The highest BCUT2D eigenvalue weighted by Gasteiger charge is 2.19. The molecule has 5 nitrogen and oxygen atoms in total. The largest absolute Gasteiger partial charge is 0.345 e. The highest BCUT2D eigenvalue weighted by molar-refractivity contribution is 6.42. The molecule has 0 spiro atoms. The topological polar surface area (TPSA) is 52.7 Å². The van der Waals surface area contributed by atoms with E-state index in [0.29, 0.717) is 27.8 Å². The molecule has 0 aliphatic carbocycles. The fourth-order valence-electron chi connectivity index (χ4n) is 2.66. The third-order valence-electron chi connectivity index (χ3n) is 4.35. The van der Waals surface area contributed by atoms with Gasteiger partial charge in [-0.2, -0.15) is 0 Å². The number of anilines is 1. The summed E-state index contributed by atoms with van der Waals surface area (Å²) in [6.45, 7) is 6.15. The lowest BCUT2D eigenvalue weighted by molar-refractivity contribution is 0.0827. The first-order valence-corrected chi connectivity index (χ1v) is 9.69. The number of nitrogens with zero attached hydrogens (tertiary/aromatic N) is 2. The lowest BCUT2D eigenvalue weighted by Gasteiger charge is -2.27. The summed E-state index contributed by atoms with van der Waals surface area (Å²) in [6, 6.07) is 10.3. The monoisotopic (exact) mass is 421 g/mol. The molecular weight excluding hydrogens is 397 g/mol. The smallest absolute Gasteiger partial charge is 0.322 e. The molecule has 3 amide bonds. The van der Waals surface area contributed by atoms with E-state index in [1.807, 2.05) is 32.9 Å². The molecule has 0 aliphatic heterocycles. The van der Waals surface area contributed by atoms with Gasteiger partial charge in [0, 0.05) is 37.9 Å². The number of nitrogens with one attached hydrogen (secondary N) is 1. The van der Waals surface area contributed by atoms with Crippen molar-refractivity contribution >= 4 is 40.8 Å². The molecule has 0 saturated carbocycles. The van der Waals surface area contributed by atoms with Gasteiger partial charge in [0.2, 0.25) is 0 Å². The van der Waals surface area contributed by atoms with Crippen molar-refractivity contribution in [3.8, 4) is 0 Å². The van der Waals surface area contributed by atoms with Crippen LogP contribution in [0.15, 0.2) is 36.4 Å². The number of rotatable bonds is 5. The van der Waals surface area contributed by atoms with Gasteiger partial charge in [0.15, 0.2) is 0 Å². The molecule has 7 heteroatoms. The Bertz CT molecular complexity index is 882. The number of carbonyl (C=O) groups excluding carboxylic acids is 2. The Morgan fingerprint density at radius 1 is 1.04 bits per heavy atom. The number of amides is 3. The number of hydrogen-bond acceptors (Lipinski definition) is 2. The summed E-state index contributed by atoms with van der Waals surface area (Å²) in [5.74, 6) is -0.118. The van der Waals surface area contributed by atoms with Crippen LogP contribution in [0.5, 0.6) is 0 Å². The quantitative estimate of drug-likeness (QED) is 0.697. The second-order valence-corrected chi connectivity index (χ2v) is 7.94. The molecule has 0 heterocycles. The Kier molecular flexibility index (Phi) is 7.33. The van der Waals surface area contributed by atoms with Gasteiger partial charge in [-0.1, -0.05) is 35.3 Å². The average molecular weight is 422 g/mol. The second-order valence-electron chi connectivity index (χ2n) is 7.13. The number of urea groups is 1. The van der Waals surface area contributed by atoms with Crippen LogP contribution in [-0.2, 0) is 6.54 Å². The summed E-state index contributed by atoms with van der Waals surface area (Å²) in [5.41, 5.74) is 2.89. The fourth-order valence-corrected chi connectivity index (χ4v) is 2.98. The van der Waals surface area contributed by atoms with Crippen molar-refractivity contribution in [2.75, 3.05) is 19.4 Å². The van der Waals surface area contributed by atoms with Crippen LogP contribution < -0.4 is 5.32 Å². The standard InChI is InChI=1S/C21H25Cl2N3O2/c1-13(2)26(12-15-7-9-17(22)18(23)10-15)21(28)24-19-11-16(8-6-14(19)3)20(27)25(4)5/h6-11,13H,12H2,1-5H3,(H,24,28). The van der Waals surface area contributed by atoms with E-state index >= 15 is 0 Å². The van der Waals surface area contributed by atoms with Gasteiger partial charge in [-0.15, -0.1) is 0 Å². The van der Waals surface area contributed by atoms with Crippen molar-refractivity contribution in [3.63, 3.8) is 0 Å². The van der Waals surface area contributed by atoms with Crippen LogP contribution in [0.1, 0.15) is 35.3 Å². The van der Waals surface area contributed by atoms with Crippen molar-refractivity contribution in [1.82, 2.24) is 9.80 Å². The van der Waals surface area contributed by atoms with Gasteiger partial charge in [-0.3, -0.25) is 4.79 Å². The van der Waals surface area contributed by atoms with Gasteiger partial charge in [0.1, 0.15) is 0 Å². The van der Waals surface area contributed by atoms with Gasteiger partial charge in [0.05, 0.1) is 10.0 Å². The van der Waals surface area contributed by atoms with Crippen LogP contribution in [0.2, 0.25) is 10.0 Å². The Morgan fingerprint density at radius 2 is 1.71 bits per heavy atom. The highest BCUT2D eigenvalue weighted by atomic mass is 35.5. The zero-order valence-corrected chi connectivity index (χ0v) is 18.2. The molecule has 0 radical (unpaired) electrons. The van der Waals surface area contributed by atoms with E-state index in [1.165, 1.54) is 4.90 Å². The molecule has 150 valence electrons. The van der Waals surface area contributed by atoms with Crippen LogP contribution >= 0.6 is 23.2 Å². The Morgan fingerprint density at radius 3 is 2.29 bits per heavy atom. The molecule has 0 atom stereocenters. The zero-order chi connectivity index (χ0) is 21.0. The number of halogens is 2. The minimum Gasteiger partial charge on any atom is -0.345 e. The van der Waals surface area contributed by atoms with E-state index in [0.717, 1.165) is 11.1 Å². The molecule has 0 aromatic heterocycles. The van der Waals surface area contributed by atoms with E-state index in [-0.39, 0.29) is 18.0 Å². The summed E-state index contributed by atoms with van der Waals surface area (Å²) in [6.07, 6.45) is 0. The number of benzene rings is 2. The molecular formula is C21H25Cl2N3O2. The second kappa shape index (κ2) is 9.30. The van der Waals surface area contributed by atoms with Crippen molar-refractivity contribution in [2.45, 2.75) is 33.4 Å². The Labute approximate surface area is 176 Å². The summed E-state index contributed by atoms with van der Waals surface area (Å²) in [5, 5.41) is 3.86. The van der Waals surface area contributed by atoms with Crippen LogP contribution in [0.4, 0.5) is 10.5 Å². The number of aryl methyl sites for hydroxylation is 1. The van der Waals surface area contributed by atoms with Crippen molar-refractivity contribution in [2.24, 2.45) is 0 Å².